The summed E-state index contributed by atoms with van der Waals surface area (Å²) in [5.74, 6) is 2.90. The standard InChI is InChI=1S/C12H17N3/c1-2-4-11-9-15(8-10(11)3-1)12-7-13-5-6-14-12/h5-7,10-11H,1-4,8-9H2/t10-,11-/m0/s1. The van der Waals surface area contributed by atoms with Gasteiger partial charge < -0.3 is 4.90 Å². The fourth-order valence-corrected chi connectivity index (χ4v) is 3.05. The molecule has 2 aliphatic rings. The van der Waals surface area contributed by atoms with Crippen molar-refractivity contribution in [2.75, 3.05) is 18.0 Å². The van der Waals surface area contributed by atoms with Crippen molar-refractivity contribution in [3.63, 3.8) is 0 Å². The molecule has 1 aromatic heterocycles. The third kappa shape index (κ3) is 1.71. The van der Waals surface area contributed by atoms with Gasteiger partial charge in [-0.2, -0.15) is 0 Å². The summed E-state index contributed by atoms with van der Waals surface area (Å²) in [7, 11) is 0. The summed E-state index contributed by atoms with van der Waals surface area (Å²) in [4.78, 5) is 10.9. The molecule has 0 aromatic carbocycles. The van der Waals surface area contributed by atoms with Gasteiger partial charge in [0, 0.05) is 25.5 Å². The zero-order chi connectivity index (χ0) is 10.1. The second-order valence-corrected chi connectivity index (χ2v) is 4.77. The SMILES string of the molecule is c1cnc(N2C[C@@H]3CCCC[C@H]3C2)cn1. The van der Waals surface area contributed by atoms with Crippen LogP contribution in [-0.2, 0) is 0 Å². The maximum Gasteiger partial charge on any atom is 0.147 e. The van der Waals surface area contributed by atoms with Crippen LogP contribution in [0.5, 0.6) is 0 Å². The highest BCUT2D eigenvalue weighted by Crippen LogP contribution is 2.37. The normalized spacial score (nSPS) is 30.3. The fourth-order valence-electron chi connectivity index (χ4n) is 3.05. The van der Waals surface area contributed by atoms with Gasteiger partial charge in [-0.3, -0.25) is 4.98 Å². The van der Waals surface area contributed by atoms with Crippen molar-refractivity contribution in [2.45, 2.75) is 25.7 Å². The molecule has 3 rings (SSSR count). The van der Waals surface area contributed by atoms with Crippen molar-refractivity contribution in [2.24, 2.45) is 11.8 Å². The van der Waals surface area contributed by atoms with E-state index in [0.717, 1.165) is 17.7 Å². The van der Waals surface area contributed by atoms with Crippen molar-refractivity contribution in [3.8, 4) is 0 Å². The Morgan fingerprint density at radius 1 is 1.07 bits per heavy atom. The van der Waals surface area contributed by atoms with E-state index in [9.17, 15) is 0 Å². The second kappa shape index (κ2) is 3.80. The van der Waals surface area contributed by atoms with Gasteiger partial charge in [-0.05, 0) is 24.7 Å². The Balaban J connectivity index is 1.75. The highest BCUT2D eigenvalue weighted by atomic mass is 15.2. The van der Waals surface area contributed by atoms with E-state index < -0.39 is 0 Å². The molecule has 0 N–H and O–H groups in total. The summed E-state index contributed by atoms with van der Waals surface area (Å²) in [5.41, 5.74) is 0. The van der Waals surface area contributed by atoms with E-state index in [1.165, 1.54) is 38.8 Å². The Labute approximate surface area is 90.5 Å². The summed E-state index contributed by atoms with van der Waals surface area (Å²) in [6, 6.07) is 0. The van der Waals surface area contributed by atoms with Gasteiger partial charge in [0.25, 0.3) is 0 Å². The molecular weight excluding hydrogens is 186 g/mol. The lowest BCUT2D eigenvalue weighted by Crippen LogP contribution is -2.20. The Hall–Kier alpha value is -1.12. The predicted octanol–water partition coefficient (Wildman–Crippen LogP) is 2.10. The maximum absolute atomic E-state index is 4.38. The number of rotatable bonds is 1. The highest BCUT2D eigenvalue weighted by molar-refractivity contribution is 5.37. The Bertz CT molecular complexity index is 311. The van der Waals surface area contributed by atoms with Gasteiger partial charge >= 0.3 is 0 Å². The second-order valence-electron chi connectivity index (χ2n) is 4.77. The third-order valence-corrected chi connectivity index (χ3v) is 3.85. The van der Waals surface area contributed by atoms with Crippen LogP contribution in [-0.4, -0.2) is 23.1 Å². The minimum absolute atomic E-state index is 0.917. The first-order chi connectivity index (χ1) is 7.43. The monoisotopic (exact) mass is 203 g/mol. The zero-order valence-electron chi connectivity index (χ0n) is 8.97. The lowest BCUT2D eigenvalue weighted by molar-refractivity contribution is 0.299. The number of fused-ring (bicyclic) bond motifs is 1. The number of anilines is 1. The van der Waals surface area contributed by atoms with Gasteiger partial charge in [-0.25, -0.2) is 4.98 Å². The fraction of sp³-hybridized carbons (Fsp3) is 0.667. The summed E-state index contributed by atoms with van der Waals surface area (Å²) < 4.78 is 0. The van der Waals surface area contributed by atoms with Gasteiger partial charge in [-0.15, -0.1) is 0 Å². The first-order valence-electron chi connectivity index (χ1n) is 5.94. The molecule has 2 heterocycles. The van der Waals surface area contributed by atoms with E-state index in [4.69, 9.17) is 0 Å². The van der Waals surface area contributed by atoms with Crippen LogP contribution in [0, 0.1) is 11.8 Å². The molecule has 0 bridgehead atoms. The van der Waals surface area contributed by atoms with Gasteiger partial charge in [0.1, 0.15) is 5.82 Å². The van der Waals surface area contributed by atoms with Gasteiger partial charge in [0.05, 0.1) is 6.20 Å². The summed E-state index contributed by atoms with van der Waals surface area (Å²) in [5, 5.41) is 0. The lowest BCUT2D eigenvalue weighted by atomic mass is 9.82. The lowest BCUT2D eigenvalue weighted by Gasteiger charge is -2.22. The Kier molecular flexibility index (Phi) is 2.31. The quantitative estimate of drug-likeness (QED) is 0.700. The minimum atomic E-state index is 0.917. The average Bonchev–Trinajstić information content (AvgIpc) is 2.74. The maximum atomic E-state index is 4.38. The van der Waals surface area contributed by atoms with Gasteiger partial charge in [0.2, 0.25) is 0 Å². The smallest absolute Gasteiger partial charge is 0.147 e. The molecule has 0 spiro atoms. The summed E-state index contributed by atoms with van der Waals surface area (Å²) in [6.45, 7) is 2.40. The number of nitrogens with zero attached hydrogens (tertiary/aromatic N) is 3. The molecule has 0 radical (unpaired) electrons. The van der Waals surface area contributed by atoms with Gasteiger partial charge in [-0.1, -0.05) is 12.8 Å². The molecule has 3 nitrogen and oxygen atoms in total. The van der Waals surface area contributed by atoms with Gasteiger partial charge in [0.15, 0.2) is 0 Å². The molecule has 2 fully saturated rings. The first kappa shape index (κ1) is 9.13. The van der Waals surface area contributed by atoms with Crippen molar-refractivity contribution >= 4 is 5.82 Å². The van der Waals surface area contributed by atoms with Crippen molar-refractivity contribution in [1.82, 2.24) is 9.97 Å². The van der Waals surface area contributed by atoms with Crippen LogP contribution in [0.4, 0.5) is 5.82 Å². The highest BCUT2D eigenvalue weighted by Gasteiger charge is 2.34. The van der Waals surface area contributed by atoms with E-state index in [-0.39, 0.29) is 0 Å². The first-order valence-corrected chi connectivity index (χ1v) is 5.94. The third-order valence-electron chi connectivity index (χ3n) is 3.85. The van der Waals surface area contributed by atoms with E-state index in [1.54, 1.807) is 12.4 Å². The predicted molar refractivity (Wildman–Crippen MR) is 59.7 cm³/mol. The molecule has 15 heavy (non-hydrogen) atoms. The number of hydrogen-bond donors (Lipinski definition) is 0. The molecule has 1 saturated heterocycles. The molecule has 2 atom stereocenters. The molecule has 1 saturated carbocycles. The Morgan fingerprint density at radius 2 is 1.80 bits per heavy atom. The molecule has 0 amide bonds. The van der Waals surface area contributed by atoms with Crippen LogP contribution in [0.3, 0.4) is 0 Å². The zero-order valence-corrected chi connectivity index (χ0v) is 8.97. The Morgan fingerprint density at radius 3 is 2.40 bits per heavy atom. The number of aromatic nitrogens is 2. The molecular formula is C12H17N3. The van der Waals surface area contributed by atoms with Crippen LogP contribution < -0.4 is 4.90 Å². The van der Waals surface area contributed by atoms with Crippen molar-refractivity contribution < 1.29 is 0 Å². The molecule has 1 aromatic rings. The van der Waals surface area contributed by atoms with Crippen molar-refractivity contribution in [3.05, 3.63) is 18.6 Å². The average molecular weight is 203 g/mol. The van der Waals surface area contributed by atoms with Crippen LogP contribution in [0.25, 0.3) is 0 Å². The van der Waals surface area contributed by atoms with Crippen LogP contribution in [0.1, 0.15) is 25.7 Å². The van der Waals surface area contributed by atoms with E-state index in [0.29, 0.717) is 0 Å². The van der Waals surface area contributed by atoms with E-state index in [1.807, 2.05) is 6.20 Å². The van der Waals surface area contributed by atoms with Crippen LogP contribution >= 0.6 is 0 Å². The van der Waals surface area contributed by atoms with Crippen LogP contribution in [0.2, 0.25) is 0 Å². The van der Waals surface area contributed by atoms with E-state index >= 15 is 0 Å². The van der Waals surface area contributed by atoms with Crippen LogP contribution in [0.15, 0.2) is 18.6 Å². The summed E-state index contributed by atoms with van der Waals surface area (Å²) in [6.07, 6.45) is 11.1. The molecule has 1 aliphatic heterocycles. The molecule has 1 aliphatic carbocycles. The largest absolute Gasteiger partial charge is 0.355 e. The molecule has 0 unspecified atom stereocenters. The molecule has 80 valence electrons. The van der Waals surface area contributed by atoms with Crippen molar-refractivity contribution in [1.29, 1.82) is 0 Å². The molecule has 3 heteroatoms. The number of hydrogen-bond acceptors (Lipinski definition) is 3. The summed E-state index contributed by atoms with van der Waals surface area (Å²) >= 11 is 0. The minimum Gasteiger partial charge on any atom is -0.355 e. The topological polar surface area (TPSA) is 29.0 Å². The van der Waals surface area contributed by atoms with E-state index in [2.05, 4.69) is 14.9 Å².